The summed E-state index contributed by atoms with van der Waals surface area (Å²) in [6.45, 7) is 5.47. The molecular weight excluding hydrogens is 373 g/mol. The lowest BCUT2D eigenvalue weighted by Crippen LogP contribution is -2.45. The van der Waals surface area contributed by atoms with E-state index in [1.54, 1.807) is 6.20 Å². The number of hydrogen-bond acceptors (Lipinski definition) is 3. The number of hydrogen-bond donors (Lipinski definition) is 0. The molecule has 124 valence electrons. The highest BCUT2D eigenvalue weighted by atomic mass is 79.9. The third kappa shape index (κ3) is 3.45. The van der Waals surface area contributed by atoms with Crippen LogP contribution < -0.4 is 4.90 Å². The summed E-state index contributed by atoms with van der Waals surface area (Å²) in [4.78, 5) is 6.38. The van der Waals surface area contributed by atoms with Gasteiger partial charge in [-0.2, -0.15) is 13.2 Å². The average Bonchev–Trinajstić information content (AvgIpc) is 2.45. The molecule has 0 bridgehead atoms. The molecule has 1 aliphatic rings. The van der Waals surface area contributed by atoms with Crippen LogP contribution >= 0.6 is 15.9 Å². The Labute approximate surface area is 140 Å². The van der Waals surface area contributed by atoms with Gasteiger partial charge in [0.15, 0.2) is 0 Å². The van der Waals surface area contributed by atoms with E-state index in [2.05, 4.69) is 25.8 Å². The molecule has 0 aliphatic carbocycles. The smallest absolute Gasteiger partial charge is 0.372 e. The molecule has 2 aromatic rings. The number of benzene rings is 1. The van der Waals surface area contributed by atoms with Gasteiger partial charge in [-0.05, 0) is 32.0 Å². The molecule has 7 heteroatoms. The van der Waals surface area contributed by atoms with Crippen LogP contribution in [0.2, 0.25) is 0 Å². The molecular formula is C16H16BrF3N2O. The Balaban J connectivity index is 2.01. The van der Waals surface area contributed by atoms with Crippen LogP contribution in [0.5, 0.6) is 0 Å². The summed E-state index contributed by atoms with van der Waals surface area (Å²) in [5.74, 6) is 0. The van der Waals surface area contributed by atoms with Gasteiger partial charge in [0.25, 0.3) is 0 Å². The number of rotatable bonds is 1. The van der Waals surface area contributed by atoms with Gasteiger partial charge in [0.1, 0.15) is 0 Å². The van der Waals surface area contributed by atoms with Crippen LogP contribution in [0.4, 0.5) is 18.9 Å². The second-order valence-electron chi connectivity index (χ2n) is 5.88. The molecule has 1 aromatic carbocycles. The van der Waals surface area contributed by atoms with Crippen LogP contribution in [-0.4, -0.2) is 30.3 Å². The Kier molecular flexibility index (Phi) is 4.27. The van der Waals surface area contributed by atoms with Crippen molar-refractivity contribution in [2.24, 2.45) is 0 Å². The van der Waals surface area contributed by atoms with Crippen molar-refractivity contribution in [2.45, 2.75) is 32.2 Å². The number of aromatic nitrogens is 1. The van der Waals surface area contributed by atoms with Crippen LogP contribution in [0.15, 0.2) is 28.9 Å². The summed E-state index contributed by atoms with van der Waals surface area (Å²) < 4.78 is 44.7. The molecule has 0 unspecified atom stereocenters. The number of fused-ring (bicyclic) bond motifs is 1. The second-order valence-corrected chi connectivity index (χ2v) is 6.73. The largest absolute Gasteiger partial charge is 0.416 e. The minimum Gasteiger partial charge on any atom is -0.372 e. The van der Waals surface area contributed by atoms with E-state index in [0.717, 1.165) is 30.9 Å². The van der Waals surface area contributed by atoms with Gasteiger partial charge in [-0.3, -0.25) is 4.98 Å². The highest BCUT2D eigenvalue weighted by Gasteiger charge is 2.31. The van der Waals surface area contributed by atoms with Crippen molar-refractivity contribution in [1.82, 2.24) is 4.98 Å². The SMILES string of the molecule is C[C@@H]1CN(c2cnc3cc(C(F)(F)F)cc(Br)c3c2)C[C@H](C)O1. The molecule has 1 aromatic heterocycles. The molecule has 2 heterocycles. The summed E-state index contributed by atoms with van der Waals surface area (Å²) in [5.41, 5.74) is 0.510. The van der Waals surface area contributed by atoms with Crippen molar-refractivity contribution in [1.29, 1.82) is 0 Å². The minimum absolute atomic E-state index is 0.102. The normalized spacial score (nSPS) is 22.6. The predicted molar refractivity (Wildman–Crippen MR) is 86.7 cm³/mol. The van der Waals surface area contributed by atoms with Gasteiger partial charge in [-0.15, -0.1) is 0 Å². The molecule has 1 saturated heterocycles. The molecule has 0 radical (unpaired) electrons. The number of pyridine rings is 1. The Bertz CT molecular complexity index is 725. The average molecular weight is 389 g/mol. The molecule has 2 atom stereocenters. The first-order valence-corrected chi connectivity index (χ1v) is 8.10. The van der Waals surface area contributed by atoms with E-state index in [1.165, 1.54) is 0 Å². The van der Waals surface area contributed by atoms with E-state index >= 15 is 0 Å². The summed E-state index contributed by atoms with van der Waals surface area (Å²) >= 11 is 3.24. The van der Waals surface area contributed by atoms with Crippen molar-refractivity contribution in [3.8, 4) is 0 Å². The molecule has 0 amide bonds. The Morgan fingerprint density at radius 2 is 1.83 bits per heavy atom. The lowest BCUT2D eigenvalue weighted by molar-refractivity contribution is -0.137. The fourth-order valence-electron chi connectivity index (χ4n) is 2.90. The van der Waals surface area contributed by atoms with E-state index < -0.39 is 11.7 Å². The van der Waals surface area contributed by atoms with E-state index in [9.17, 15) is 13.2 Å². The first-order chi connectivity index (χ1) is 10.7. The van der Waals surface area contributed by atoms with Gasteiger partial charge in [0.2, 0.25) is 0 Å². The zero-order chi connectivity index (χ0) is 16.8. The monoisotopic (exact) mass is 388 g/mol. The quantitative estimate of drug-likeness (QED) is 0.711. The fraction of sp³-hybridized carbons (Fsp3) is 0.438. The van der Waals surface area contributed by atoms with Gasteiger partial charge >= 0.3 is 6.18 Å². The second kappa shape index (κ2) is 5.94. The summed E-state index contributed by atoms with van der Waals surface area (Å²) in [6, 6.07) is 4.05. The molecule has 23 heavy (non-hydrogen) atoms. The van der Waals surface area contributed by atoms with Crippen LogP contribution in [-0.2, 0) is 10.9 Å². The van der Waals surface area contributed by atoms with Crippen molar-refractivity contribution >= 4 is 32.5 Å². The zero-order valence-corrected chi connectivity index (χ0v) is 14.3. The molecule has 0 N–H and O–H groups in total. The van der Waals surface area contributed by atoms with Crippen molar-refractivity contribution in [3.05, 3.63) is 34.4 Å². The highest BCUT2D eigenvalue weighted by Crippen LogP contribution is 2.36. The third-order valence-corrected chi connectivity index (χ3v) is 4.50. The standard InChI is InChI=1S/C16H16BrF3N2O/c1-9-7-22(8-10(2)23-9)12-5-13-14(17)3-11(16(18,19)20)4-15(13)21-6-12/h3-6,9-10H,7-8H2,1-2H3/t9-,10+. The van der Waals surface area contributed by atoms with Crippen molar-refractivity contribution < 1.29 is 17.9 Å². The zero-order valence-electron chi connectivity index (χ0n) is 12.7. The van der Waals surface area contributed by atoms with E-state index in [4.69, 9.17) is 4.74 Å². The third-order valence-electron chi connectivity index (χ3n) is 3.85. The van der Waals surface area contributed by atoms with Gasteiger partial charge < -0.3 is 9.64 Å². The molecule has 1 aliphatic heterocycles. The van der Waals surface area contributed by atoms with Gasteiger partial charge in [-0.25, -0.2) is 0 Å². The number of ether oxygens (including phenoxy) is 1. The minimum atomic E-state index is -4.38. The highest BCUT2D eigenvalue weighted by molar-refractivity contribution is 9.10. The van der Waals surface area contributed by atoms with Crippen LogP contribution in [0.25, 0.3) is 10.9 Å². The van der Waals surface area contributed by atoms with E-state index in [-0.39, 0.29) is 12.2 Å². The number of alkyl halides is 3. The summed E-state index contributed by atoms with van der Waals surface area (Å²) in [5, 5.41) is 0.669. The molecule has 1 fully saturated rings. The Morgan fingerprint density at radius 1 is 1.17 bits per heavy atom. The maximum absolute atomic E-state index is 12.9. The molecule has 3 rings (SSSR count). The lowest BCUT2D eigenvalue weighted by Gasteiger charge is -2.36. The first kappa shape index (κ1) is 16.5. The molecule has 0 saturated carbocycles. The summed E-state index contributed by atoms with van der Waals surface area (Å²) in [6.07, 6.45) is -2.55. The number of morpholine rings is 1. The lowest BCUT2D eigenvalue weighted by atomic mass is 10.1. The van der Waals surface area contributed by atoms with Gasteiger partial charge in [0, 0.05) is 22.9 Å². The number of nitrogens with zero attached hydrogens (tertiary/aromatic N) is 2. The van der Waals surface area contributed by atoms with Gasteiger partial charge in [0.05, 0.1) is 35.2 Å². The maximum atomic E-state index is 12.9. The van der Waals surface area contributed by atoms with Crippen LogP contribution in [0.3, 0.4) is 0 Å². The van der Waals surface area contributed by atoms with Crippen LogP contribution in [0, 0.1) is 0 Å². The topological polar surface area (TPSA) is 25.4 Å². The van der Waals surface area contributed by atoms with Crippen LogP contribution in [0.1, 0.15) is 19.4 Å². The maximum Gasteiger partial charge on any atom is 0.416 e. The molecule has 3 nitrogen and oxygen atoms in total. The Hall–Kier alpha value is -1.34. The van der Waals surface area contributed by atoms with Gasteiger partial charge in [-0.1, -0.05) is 15.9 Å². The number of halogens is 4. The Morgan fingerprint density at radius 3 is 2.43 bits per heavy atom. The van der Waals surface area contributed by atoms with Crippen molar-refractivity contribution in [2.75, 3.05) is 18.0 Å². The number of anilines is 1. The van der Waals surface area contributed by atoms with E-state index in [1.807, 2.05) is 19.9 Å². The fourth-order valence-corrected chi connectivity index (χ4v) is 3.46. The van der Waals surface area contributed by atoms with Crippen molar-refractivity contribution in [3.63, 3.8) is 0 Å². The summed E-state index contributed by atoms with van der Waals surface area (Å²) in [7, 11) is 0. The van der Waals surface area contributed by atoms with E-state index in [0.29, 0.717) is 15.4 Å². The first-order valence-electron chi connectivity index (χ1n) is 7.31. The molecule has 0 spiro atoms. The predicted octanol–water partition coefficient (Wildman–Crippen LogP) is 4.63.